The van der Waals surface area contributed by atoms with Crippen molar-refractivity contribution in [3.05, 3.63) is 35.4 Å². The molecule has 27 heavy (non-hydrogen) atoms. The van der Waals surface area contributed by atoms with Crippen molar-refractivity contribution in [3.8, 4) is 0 Å². The molecule has 1 aliphatic carbocycles. The summed E-state index contributed by atoms with van der Waals surface area (Å²) in [7, 11) is 0. The van der Waals surface area contributed by atoms with Crippen molar-refractivity contribution in [2.45, 2.75) is 44.3 Å². The molecule has 0 aliphatic heterocycles. The number of halogens is 3. The highest BCUT2D eigenvalue weighted by molar-refractivity contribution is 5.96. The minimum atomic E-state index is -4.49. The van der Waals surface area contributed by atoms with Crippen LogP contribution in [0.4, 0.5) is 13.2 Å². The van der Waals surface area contributed by atoms with Gasteiger partial charge in [0.15, 0.2) is 6.61 Å². The zero-order valence-corrected chi connectivity index (χ0v) is 14.6. The van der Waals surface area contributed by atoms with Crippen molar-refractivity contribution >= 4 is 17.8 Å². The Morgan fingerprint density at radius 1 is 1.04 bits per heavy atom. The molecule has 0 heterocycles. The molecule has 6 nitrogen and oxygen atoms in total. The Morgan fingerprint density at radius 3 is 2.26 bits per heavy atom. The van der Waals surface area contributed by atoms with Crippen LogP contribution in [0.1, 0.15) is 48.0 Å². The van der Waals surface area contributed by atoms with E-state index in [2.05, 4.69) is 10.6 Å². The van der Waals surface area contributed by atoms with Gasteiger partial charge in [-0.15, -0.1) is 0 Å². The summed E-state index contributed by atoms with van der Waals surface area (Å²) in [5.74, 6) is -1.93. The number of hydrogen-bond donors (Lipinski definition) is 2. The predicted molar refractivity (Wildman–Crippen MR) is 89.8 cm³/mol. The first kappa shape index (κ1) is 20.7. The van der Waals surface area contributed by atoms with Crippen LogP contribution in [0.5, 0.6) is 0 Å². The van der Waals surface area contributed by atoms with E-state index < -0.39 is 42.7 Å². The molecule has 2 N–H and O–H groups in total. The third-order valence-electron chi connectivity index (χ3n) is 4.20. The monoisotopic (exact) mass is 386 g/mol. The third kappa shape index (κ3) is 6.92. The summed E-state index contributed by atoms with van der Waals surface area (Å²) in [6.45, 7) is -0.929. The Labute approximate surface area is 154 Å². The van der Waals surface area contributed by atoms with E-state index in [9.17, 15) is 27.6 Å². The summed E-state index contributed by atoms with van der Waals surface area (Å²) in [5.41, 5.74) is -0.895. The second-order valence-electron chi connectivity index (χ2n) is 6.32. The van der Waals surface area contributed by atoms with Gasteiger partial charge < -0.3 is 15.4 Å². The number of nitrogens with one attached hydrogen (secondary N) is 2. The van der Waals surface area contributed by atoms with E-state index in [0.717, 1.165) is 56.4 Å². The first-order valence-electron chi connectivity index (χ1n) is 8.66. The van der Waals surface area contributed by atoms with Crippen LogP contribution in [0.2, 0.25) is 0 Å². The largest absolute Gasteiger partial charge is 0.454 e. The van der Waals surface area contributed by atoms with E-state index in [1.54, 1.807) is 0 Å². The second kappa shape index (κ2) is 9.38. The quantitative estimate of drug-likeness (QED) is 0.736. The van der Waals surface area contributed by atoms with Crippen LogP contribution < -0.4 is 10.6 Å². The second-order valence-corrected chi connectivity index (χ2v) is 6.32. The van der Waals surface area contributed by atoms with Gasteiger partial charge >= 0.3 is 12.1 Å². The summed E-state index contributed by atoms with van der Waals surface area (Å²) in [6.07, 6.45) is 0.587. The molecule has 0 bridgehead atoms. The molecule has 2 rings (SSSR count). The number of hydrogen-bond acceptors (Lipinski definition) is 4. The van der Waals surface area contributed by atoms with Gasteiger partial charge in [0.1, 0.15) is 6.54 Å². The number of esters is 1. The van der Waals surface area contributed by atoms with E-state index >= 15 is 0 Å². The lowest BCUT2D eigenvalue weighted by molar-refractivity contribution is -0.147. The predicted octanol–water partition coefficient (Wildman–Crippen LogP) is 2.43. The lowest BCUT2D eigenvalue weighted by Gasteiger charge is -2.22. The van der Waals surface area contributed by atoms with Crippen LogP contribution in [0.3, 0.4) is 0 Å². The average molecular weight is 386 g/mol. The van der Waals surface area contributed by atoms with Crippen LogP contribution in [-0.4, -0.2) is 37.0 Å². The number of carbonyl (C=O) groups is 3. The maximum atomic E-state index is 12.5. The summed E-state index contributed by atoms with van der Waals surface area (Å²) in [6, 6.07) is 3.69. The van der Waals surface area contributed by atoms with Gasteiger partial charge in [-0.2, -0.15) is 13.2 Å². The van der Waals surface area contributed by atoms with Gasteiger partial charge in [-0.1, -0.05) is 19.3 Å². The van der Waals surface area contributed by atoms with E-state index in [4.69, 9.17) is 4.74 Å². The molecule has 2 amide bonds. The van der Waals surface area contributed by atoms with Gasteiger partial charge in [-0.3, -0.25) is 14.4 Å². The Morgan fingerprint density at radius 2 is 1.67 bits per heavy atom. The van der Waals surface area contributed by atoms with Gasteiger partial charge in [0.25, 0.3) is 11.8 Å². The molecule has 0 spiro atoms. The van der Waals surface area contributed by atoms with Gasteiger partial charge in [-0.25, -0.2) is 0 Å². The topological polar surface area (TPSA) is 84.5 Å². The lowest BCUT2D eigenvalue weighted by Crippen LogP contribution is -2.39. The molecule has 0 saturated heterocycles. The summed E-state index contributed by atoms with van der Waals surface area (Å²) in [5, 5.41) is 5.02. The number of rotatable bonds is 6. The van der Waals surface area contributed by atoms with Crippen LogP contribution in [0.25, 0.3) is 0 Å². The Kier molecular flexibility index (Phi) is 7.20. The van der Waals surface area contributed by atoms with Gasteiger partial charge in [0.2, 0.25) is 0 Å². The highest BCUT2D eigenvalue weighted by Gasteiger charge is 2.30. The lowest BCUT2D eigenvalue weighted by atomic mass is 9.95. The molecule has 1 aromatic rings. The zero-order valence-electron chi connectivity index (χ0n) is 14.6. The van der Waals surface area contributed by atoms with Gasteiger partial charge in [0.05, 0.1) is 5.56 Å². The molecule has 1 aromatic carbocycles. The molecule has 0 atom stereocenters. The van der Waals surface area contributed by atoms with Crippen molar-refractivity contribution in [1.29, 1.82) is 0 Å². The maximum absolute atomic E-state index is 12.5. The molecule has 1 aliphatic rings. The first-order chi connectivity index (χ1) is 12.8. The molecular formula is C18H21F3N2O4. The highest BCUT2D eigenvalue weighted by Crippen LogP contribution is 2.29. The van der Waals surface area contributed by atoms with Crippen molar-refractivity contribution in [2.24, 2.45) is 0 Å². The van der Waals surface area contributed by atoms with E-state index in [0.29, 0.717) is 0 Å². The van der Waals surface area contributed by atoms with Gasteiger partial charge in [0, 0.05) is 11.6 Å². The standard InChI is InChI=1S/C18H21F3N2O4/c19-18(20,21)13-8-6-12(7-9-13)17(26)22-10-16(25)27-11-15(24)23-14-4-2-1-3-5-14/h6-9,14H,1-5,10-11H2,(H,22,26)(H,23,24). The number of carbonyl (C=O) groups excluding carboxylic acids is 3. The average Bonchev–Trinajstić information content (AvgIpc) is 2.64. The Hall–Kier alpha value is -2.58. The van der Waals surface area contributed by atoms with Crippen molar-refractivity contribution in [1.82, 2.24) is 10.6 Å². The normalized spacial score (nSPS) is 15.1. The summed E-state index contributed by atoms with van der Waals surface area (Å²) < 4.78 is 42.2. The fourth-order valence-electron chi connectivity index (χ4n) is 2.78. The molecule has 0 aromatic heterocycles. The molecule has 0 unspecified atom stereocenters. The van der Waals surface area contributed by atoms with Crippen LogP contribution >= 0.6 is 0 Å². The number of amides is 2. The zero-order chi connectivity index (χ0) is 19.9. The maximum Gasteiger partial charge on any atom is 0.416 e. The van der Waals surface area contributed by atoms with E-state index in [1.807, 2.05) is 0 Å². The number of alkyl halides is 3. The fourth-order valence-corrected chi connectivity index (χ4v) is 2.78. The van der Waals surface area contributed by atoms with Crippen LogP contribution in [-0.2, 0) is 20.5 Å². The van der Waals surface area contributed by atoms with E-state index in [1.165, 1.54) is 0 Å². The smallest absolute Gasteiger partial charge is 0.416 e. The highest BCUT2D eigenvalue weighted by atomic mass is 19.4. The Balaban J connectivity index is 1.70. The molecular weight excluding hydrogens is 365 g/mol. The van der Waals surface area contributed by atoms with Gasteiger partial charge in [-0.05, 0) is 37.1 Å². The third-order valence-corrected chi connectivity index (χ3v) is 4.20. The van der Waals surface area contributed by atoms with Crippen molar-refractivity contribution < 1.29 is 32.3 Å². The van der Waals surface area contributed by atoms with Crippen molar-refractivity contribution in [3.63, 3.8) is 0 Å². The SMILES string of the molecule is O=C(COC(=O)CNC(=O)c1ccc(C(F)(F)F)cc1)NC1CCCCC1. The first-order valence-corrected chi connectivity index (χ1v) is 8.66. The van der Waals surface area contributed by atoms with Crippen molar-refractivity contribution in [2.75, 3.05) is 13.2 Å². The minimum Gasteiger partial charge on any atom is -0.454 e. The molecule has 0 radical (unpaired) electrons. The molecule has 1 fully saturated rings. The van der Waals surface area contributed by atoms with Crippen LogP contribution in [0.15, 0.2) is 24.3 Å². The molecule has 9 heteroatoms. The fraction of sp³-hybridized carbons (Fsp3) is 0.500. The van der Waals surface area contributed by atoms with Crippen LogP contribution in [0, 0.1) is 0 Å². The number of benzene rings is 1. The molecule has 1 saturated carbocycles. The van der Waals surface area contributed by atoms with E-state index in [-0.39, 0.29) is 11.6 Å². The summed E-state index contributed by atoms with van der Waals surface area (Å²) in [4.78, 5) is 35.1. The number of ether oxygens (including phenoxy) is 1. The minimum absolute atomic E-state index is 0.0224. The summed E-state index contributed by atoms with van der Waals surface area (Å²) >= 11 is 0. The Bertz CT molecular complexity index is 668. The molecule has 148 valence electrons.